The molecule has 1 atom stereocenters. The van der Waals surface area contributed by atoms with E-state index in [9.17, 15) is 18.4 Å². The summed E-state index contributed by atoms with van der Waals surface area (Å²) in [4.78, 5) is 35.6. The summed E-state index contributed by atoms with van der Waals surface area (Å²) >= 11 is 0. The average molecular weight is 564 g/mol. The van der Waals surface area contributed by atoms with E-state index in [1.165, 1.54) is 12.4 Å². The van der Waals surface area contributed by atoms with Crippen LogP contribution >= 0.6 is 0 Å². The van der Waals surface area contributed by atoms with Crippen LogP contribution in [0.25, 0.3) is 22.3 Å². The second kappa shape index (κ2) is 11.1. The Hall–Kier alpha value is -4.61. The molecule has 2 amide bonds. The number of nitrogens with zero attached hydrogens (tertiary/aromatic N) is 5. The monoisotopic (exact) mass is 563 g/mol. The van der Waals surface area contributed by atoms with Crippen molar-refractivity contribution in [3.8, 4) is 11.3 Å². The highest BCUT2D eigenvalue weighted by molar-refractivity contribution is 5.98. The Morgan fingerprint density at radius 1 is 1.12 bits per heavy atom. The van der Waals surface area contributed by atoms with Gasteiger partial charge in [-0.2, -0.15) is 5.10 Å². The van der Waals surface area contributed by atoms with Crippen LogP contribution in [0.5, 0.6) is 0 Å². The fraction of sp³-hybridized carbons (Fsp3) is 0.345. The number of nitrogens with one attached hydrogen (secondary N) is 1. The average Bonchev–Trinajstić information content (AvgIpc) is 3.32. The van der Waals surface area contributed by atoms with E-state index in [4.69, 9.17) is 15.6 Å². The zero-order valence-electron chi connectivity index (χ0n) is 23.0. The number of benzene rings is 2. The van der Waals surface area contributed by atoms with E-state index in [-0.39, 0.29) is 24.5 Å². The third kappa shape index (κ3) is 5.96. The fourth-order valence-corrected chi connectivity index (χ4v) is 4.91. The van der Waals surface area contributed by atoms with E-state index < -0.39 is 28.7 Å². The van der Waals surface area contributed by atoms with Gasteiger partial charge >= 0.3 is 6.09 Å². The lowest BCUT2D eigenvalue weighted by Crippen LogP contribution is -2.43. The zero-order chi connectivity index (χ0) is 29.3. The third-order valence-corrected chi connectivity index (χ3v) is 6.76. The maximum atomic E-state index is 14.0. The lowest BCUT2D eigenvalue weighted by Gasteiger charge is -2.34. The molecule has 5 rings (SSSR count). The largest absolute Gasteiger partial charge is 0.444 e. The minimum Gasteiger partial charge on any atom is -0.444 e. The molecule has 0 radical (unpaired) electrons. The standard InChI is InChI=1S/C29H31F2N7O3/c1-29(2,3)41-28(40)37-12-6-9-19(15-37)38-26-23(25(32)34-16-35-26)24(36-38)18-8-4-7-17(13-18)14-33-27(39)22-20(30)10-5-11-21(22)31/h4-5,7-8,10-11,13,16,19H,6,9,12,14-15H2,1-3H3,(H,33,39)(H2,32,34,35)/t19-/m1/s1. The smallest absolute Gasteiger partial charge is 0.410 e. The fourth-order valence-electron chi connectivity index (χ4n) is 4.91. The minimum atomic E-state index is -0.934. The van der Waals surface area contributed by atoms with Gasteiger partial charge in [-0.1, -0.05) is 24.3 Å². The first-order valence-corrected chi connectivity index (χ1v) is 13.3. The molecule has 10 nitrogen and oxygen atoms in total. The number of likely N-dealkylation sites (tertiary alicyclic amines) is 1. The van der Waals surface area contributed by atoms with Crippen LogP contribution in [-0.2, 0) is 11.3 Å². The number of nitrogen functional groups attached to an aromatic ring is 1. The van der Waals surface area contributed by atoms with Crippen LogP contribution in [0.3, 0.4) is 0 Å². The van der Waals surface area contributed by atoms with Gasteiger partial charge < -0.3 is 20.7 Å². The van der Waals surface area contributed by atoms with Crippen molar-refractivity contribution in [3.05, 3.63) is 71.6 Å². The first-order chi connectivity index (χ1) is 19.5. The van der Waals surface area contributed by atoms with Crippen molar-refractivity contribution in [3.63, 3.8) is 0 Å². The maximum Gasteiger partial charge on any atom is 0.410 e. The van der Waals surface area contributed by atoms with Crippen LogP contribution in [0.2, 0.25) is 0 Å². The summed E-state index contributed by atoms with van der Waals surface area (Å²) in [6, 6.07) is 10.3. The molecule has 4 aromatic rings. The zero-order valence-corrected chi connectivity index (χ0v) is 23.0. The van der Waals surface area contributed by atoms with E-state index in [0.29, 0.717) is 40.9 Å². The molecule has 1 aliphatic heterocycles. The van der Waals surface area contributed by atoms with Crippen LogP contribution in [-0.4, -0.2) is 55.3 Å². The lowest BCUT2D eigenvalue weighted by molar-refractivity contribution is 0.0169. The summed E-state index contributed by atoms with van der Waals surface area (Å²) in [6.07, 6.45) is 2.54. The maximum absolute atomic E-state index is 14.0. The highest BCUT2D eigenvalue weighted by Crippen LogP contribution is 2.34. The molecule has 1 aliphatic rings. The first kappa shape index (κ1) is 27.9. The SMILES string of the molecule is CC(C)(C)OC(=O)N1CCC[C@@H](n2nc(-c3cccc(CNC(=O)c4c(F)cccc4F)c3)c3c(N)ncnc32)C1. The van der Waals surface area contributed by atoms with E-state index in [1.807, 2.05) is 32.9 Å². The highest BCUT2D eigenvalue weighted by Gasteiger charge is 2.31. The molecule has 2 aromatic carbocycles. The van der Waals surface area contributed by atoms with Crippen LogP contribution in [0.15, 0.2) is 48.8 Å². The van der Waals surface area contributed by atoms with Gasteiger partial charge in [0.15, 0.2) is 5.65 Å². The van der Waals surface area contributed by atoms with E-state index in [0.717, 1.165) is 25.0 Å². The van der Waals surface area contributed by atoms with Crippen molar-refractivity contribution in [1.82, 2.24) is 30.0 Å². The topological polar surface area (TPSA) is 128 Å². The molecule has 0 spiro atoms. The predicted molar refractivity (Wildman–Crippen MR) is 149 cm³/mol. The predicted octanol–water partition coefficient (Wildman–Crippen LogP) is 4.86. The molecule has 3 heterocycles. The highest BCUT2D eigenvalue weighted by atomic mass is 19.1. The Balaban J connectivity index is 1.42. The van der Waals surface area contributed by atoms with Crippen molar-refractivity contribution in [2.45, 2.75) is 51.8 Å². The molecule has 0 saturated carbocycles. The van der Waals surface area contributed by atoms with Gasteiger partial charge in [0.1, 0.15) is 40.6 Å². The summed E-state index contributed by atoms with van der Waals surface area (Å²) in [5.41, 5.74) is 7.51. The molecule has 2 aromatic heterocycles. The van der Waals surface area contributed by atoms with Crippen molar-refractivity contribution >= 4 is 28.9 Å². The molecule has 0 aliphatic carbocycles. The Kier molecular flexibility index (Phi) is 7.57. The number of halogens is 2. The number of hydrogen-bond donors (Lipinski definition) is 2. The van der Waals surface area contributed by atoms with Crippen LogP contribution in [0, 0.1) is 11.6 Å². The Morgan fingerprint density at radius 3 is 2.59 bits per heavy atom. The summed E-state index contributed by atoms with van der Waals surface area (Å²) < 4.78 is 35.4. The van der Waals surface area contributed by atoms with Crippen molar-refractivity contribution in [1.29, 1.82) is 0 Å². The molecule has 1 saturated heterocycles. The lowest BCUT2D eigenvalue weighted by atomic mass is 10.1. The van der Waals surface area contributed by atoms with Crippen molar-refractivity contribution in [2.75, 3.05) is 18.8 Å². The number of aromatic nitrogens is 4. The van der Waals surface area contributed by atoms with Crippen molar-refractivity contribution in [2.24, 2.45) is 0 Å². The second-order valence-electron chi connectivity index (χ2n) is 11.0. The van der Waals surface area contributed by atoms with Crippen molar-refractivity contribution < 1.29 is 23.1 Å². The normalized spacial score (nSPS) is 15.6. The van der Waals surface area contributed by atoms with Gasteiger partial charge in [0, 0.05) is 25.2 Å². The number of nitrogens with two attached hydrogens (primary N) is 1. The number of amides is 2. The van der Waals surface area contributed by atoms with Crippen LogP contribution in [0.1, 0.15) is 55.6 Å². The molecular weight excluding hydrogens is 532 g/mol. The second-order valence-corrected chi connectivity index (χ2v) is 11.0. The van der Waals surface area contributed by atoms with E-state index in [2.05, 4.69) is 15.3 Å². The minimum absolute atomic E-state index is 0.0263. The molecule has 0 unspecified atom stereocenters. The van der Waals surface area contributed by atoms with Crippen LogP contribution in [0.4, 0.5) is 19.4 Å². The summed E-state index contributed by atoms with van der Waals surface area (Å²) in [7, 11) is 0. The van der Waals surface area contributed by atoms with Gasteiger partial charge in [0.05, 0.1) is 11.4 Å². The number of anilines is 1. The Bertz CT molecular complexity index is 1600. The van der Waals surface area contributed by atoms with Gasteiger partial charge in [-0.25, -0.2) is 28.2 Å². The molecule has 41 heavy (non-hydrogen) atoms. The molecule has 0 bridgehead atoms. The number of fused-ring (bicyclic) bond motifs is 1. The first-order valence-electron chi connectivity index (χ1n) is 13.3. The number of rotatable bonds is 5. The third-order valence-electron chi connectivity index (χ3n) is 6.76. The molecular formula is C29H31F2N7O3. The number of ether oxygens (including phenoxy) is 1. The van der Waals surface area contributed by atoms with Gasteiger partial charge in [-0.3, -0.25) is 4.79 Å². The molecule has 214 valence electrons. The van der Waals surface area contributed by atoms with Gasteiger partial charge in [0.25, 0.3) is 5.91 Å². The number of hydrogen-bond acceptors (Lipinski definition) is 7. The number of carbonyl (C=O) groups excluding carboxylic acids is 2. The Morgan fingerprint density at radius 2 is 1.85 bits per heavy atom. The Labute approximate surface area is 235 Å². The van der Waals surface area contributed by atoms with Gasteiger partial charge in [-0.05, 0) is 57.4 Å². The van der Waals surface area contributed by atoms with Gasteiger partial charge in [-0.15, -0.1) is 0 Å². The quantitative estimate of drug-likeness (QED) is 0.355. The summed E-state index contributed by atoms with van der Waals surface area (Å²) in [5, 5.41) is 8.02. The number of carbonyl (C=O) groups is 2. The van der Waals surface area contributed by atoms with Crippen LogP contribution < -0.4 is 11.1 Å². The van der Waals surface area contributed by atoms with Gasteiger partial charge in [0.2, 0.25) is 0 Å². The molecule has 3 N–H and O–H groups in total. The van der Waals surface area contributed by atoms with E-state index in [1.54, 1.807) is 21.7 Å². The number of piperidine rings is 1. The van der Waals surface area contributed by atoms with E-state index >= 15 is 0 Å². The summed E-state index contributed by atoms with van der Waals surface area (Å²) in [6.45, 7) is 6.50. The molecule has 1 fully saturated rings. The summed E-state index contributed by atoms with van der Waals surface area (Å²) in [5.74, 6) is -2.47. The molecule has 12 heteroatoms.